The molecule has 2 fully saturated rings. The lowest BCUT2D eigenvalue weighted by Crippen LogP contribution is -2.50. The van der Waals surface area contributed by atoms with Gasteiger partial charge in [0.1, 0.15) is 0 Å². The summed E-state index contributed by atoms with van der Waals surface area (Å²) in [4.78, 5) is 17.0. The molecule has 0 aliphatic carbocycles. The quantitative estimate of drug-likeness (QED) is 0.617. The van der Waals surface area contributed by atoms with E-state index < -0.39 is 22.7 Å². The van der Waals surface area contributed by atoms with Crippen molar-refractivity contribution in [1.82, 2.24) is 14.7 Å². The second kappa shape index (κ2) is 8.27. The molecule has 182 valence electrons. The van der Waals surface area contributed by atoms with Gasteiger partial charge in [0.2, 0.25) is 0 Å². The van der Waals surface area contributed by atoms with Crippen molar-refractivity contribution in [3.63, 3.8) is 0 Å². The first kappa shape index (κ1) is 23.2. The lowest BCUT2D eigenvalue weighted by Gasteiger charge is -2.42. The Labute approximate surface area is 200 Å². The number of amides is 1. The lowest BCUT2D eigenvalue weighted by molar-refractivity contribution is -0.137. The summed E-state index contributed by atoms with van der Waals surface area (Å²) in [5.74, 6) is -0.310. The number of alkyl halides is 3. The Balaban J connectivity index is 1.41. The molecule has 7 nitrogen and oxygen atoms in total. The van der Waals surface area contributed by atoms with Crippen LogP contribution in [0.2, 0.25) is 0 Å². The van der Waals surface area contributed by atoms with Gasteiger partial charge < -0.3 is 14.9 Å². The van der Waals surface area contributed by atoms with E-state index in [0.29, 0.717) is 44.0 Å². The van der Waals surface area contributed by atoms with Gasteiger partial charge in [-0.15, -0.1) is 0 Å². The van der Waals surface area contributed by atoms with E-state index >= 15 is 0 Å². The van der Waals surface area contributed by atoms with Crippen LogP contribution in [0.5, 0.6) is 0 Å². The fourth-order valence-corrected chi connectivity index (χ4v) is 5.50. The SMILES string of the molecule is Cn1nc(C(=O)N2CCC3(CO)CN(c4ccc(C#N)c(C(F)(F)F)c4)CC3C2)c2ccccc21. The third-order valence-electron chi connectivity index (χ3n) is 7.49. The number of benzene rings is 2. The van der Waals surface area contributed by atoms with Crippen LogP contribution in [0.25, 0.3) is 10.9 Å². The van der Waals surface area contributed by atoms with Gasteiger partial charge >= 0.3 is 6.18 Å². The molecule has 0 bridgehead atoms. The number of anilines is 1. The number of para-hydroxylation sites is 1. The molecule has 2 aromatic carbocycles. The van der Waals surface area contributed by atoms with E-state index in [1.807, 2.05) is 29.2 Å². The van der Waals surface area contributed by atoms with E-state index in [1.165, 1.54) is 12.1 Å². The highest BCUT2D eigenvalue weighted by atomic mass is 19.4. The molecule has 1 aromatic heterocycles. The molecule has 5 rings (SSSR count). The van der Waals surface area contributed by atoms with Crippen molar-refractivity contribution in [3.8, 4) is 6.07 Å². The van der Waals surface area contributed by atoms with Crippen LogP contribution in [0.1, 0.15) is 28.0 Å². The number of aryl methyl sites for hydroxylation is 1. The van der Waals surface area contributed by atoms with Gasteiger partial charge in [-0.1, -0.05) is 18.2 Å². The molecule has 2 atom stereocenters. The Morgan fingerprint density at radius 1 is 1.26 bits per heavy atom. The number of likely N-dealkylation sites (tertiary alicyclic amines) is 1. The summed E-state index contributed by atoms with van der Waals surface area (Å²) < 4.78 is 42.1. The second-order valence-electron chi connectivity index (χ2n) is 9.43. The first-order chi connectivity index (χ1) is 16.7. The normalized spacial score (nSPS) is 22.3. The minimum atomic E-state index is -4.64. The topological polar surface area (TPSA) is 85.4 Å². The summed E-state index contributed by atoms with van der Waals surface area (Å²) in [6.45, 7) is 1.46. The summed E-state index contributed by atoms with van der Waals surface area (Å²) in [6, 6.07) is 12.8. The zero-order valence-electron chi connectivity index (χ0n) is 19.1. The van der Waals surface area contributed by atoms with E-state index in [4.69, 9.17) is 5.26 Å². The third kappa shape index (κ3) is 3.80. The van der Waals surface area contributed by atoms with Crippen LogP contribution in [0, 0.1) is 22.7 Å². The molecule has 10 heteroatoms. The minimum absolute atomic E-state index is 0.120. The largest absolute Gasteiger partial charge is 0.417 e. The van der Waals surface area contributed by atoms with Crippen LogP contribution in [-0.4, -0.2) is 58.5 Å². The summed E-state index contributed by atoms with van der Waals surface area (Å²) >= 11 is 0. The van der Waals surface area contributed by atoms with Gasteiger partial charge in [-0.05, 0) is 30.7 Å². The molecular weight excluding hydrogens is 459 g/mol. The smallest absolute Gasteiger partial charge is 0.396 e. The standard InChI is InChI=1S/C25H24F3N5O2/c1-31-21-5-3-2-4-19(21)22(30-31)23(35)32-9-8-24(15-34)14-33(13-17(24)12-32)18-7-6-16(11-29)20(10-18)25(26,27)28/h2-7,10,17,34H,8-9,12-15H2,1H3. The van der Waals surface area contributed by atoms with Gasteiger partial charge in [0.15, 0.2) is 5.69 Å². The van der Waals surface area contributed by atoms with Crippen molar-refractivity contribution >= 4 is 22.5 Å². The molecule has 3 aromatic rings. The summed E-state index contributed by atoms with van der Waals surface area (Å²) in [5, 5.41) is 24.6. The van der Waals surface area contributed by atoms with Gasteiger partial charge in [-0.2, -0.15) is 23.5 Å². The number of aromatic nitrogens is 2. The number of rotatable bonds is 3. The van der Waals surface area contributed by atoms with Crippen molar-refractivity contribution in [2.75, 3.05) is 37.7 Å². The van der Waals surface area contributed by atoms with Crippen LogP contribution >= 0.6 is 0 Å². The van der Waals surface area contributed by atoms with Gasteiger partial charge in [0.05, 0.1) is 29.3 Å². The van der Waals surface area contributed by atoms with Crippen molar-refractivity contribution in [3.05, 3.63) is 59.3 Å². The number of piperidine rings is 1. The van der Waals surface area contributed by atoms with Gasteiger partial charge in [0, 0.05) is 55.6 Å². The molecule has 2 aliphatic heterocycles. The van der Waals surface area contributed by atoms with E-state index in [1.54, 1.807) is 22.7 Å². The lowest BCUT2D eigenvalue weighted by atomic mass is 9.73. The predicted molar refractivity (Wildman–Crippen MR) is 123 cm³/mol. The fraction of sp³-hybridized carbons (Fsp3) is 0.400. The number of hydrogen-bond acceptors (Lipinski definition) is 5. The average Bonchev–Trinajstić information content (AvgIpc) is 3.41. The van der Waals surface area contributed by atoms with Crippen molar-refractivity contribution < 1.29 is 23.1 Å². The zero-order valence-corrected chi connectivity index (χ0v) is 19.1. The second-order valence-corrected chi connectivity index (χ2v) is 9.43. The van der Waals surface area contributed by atoms with Gasteiger partial charge in [-0.3, -0.25) is 9.48 Å². The molecule has 0 radical (unpaired) electrons. The minimum Gasteiger partial charge on any atom is -0.396 e. The molecule has 35 heavy (non-hydrogen) atoms. The molecule has 3 heterocycles. The monoisotopic (exact) mass is 483 g/mol. The first-order valence-corrected chi connectivity index (χ1v) is 11.3. The predicted octanol–water partition coefficient (Wildman–Crippen LogP) is 3.42. The fourth-order valence-electron chi connectivity index (χ4n) is 5.50. The van der Waals surface area contributed by atoms with Crippen LogP contribution < -0.4 is 4.90 Å². The molecular formula is C25H24F3N5O2. The van der Waals surface area contributed by atoms with E-state index in [0.717, 1.165) is 17.0 Å². The van der Waals surface area contributed by atoms with Crippen molar-refractivity contribution in [2.24, 2.45) is 18.4 Å². The number of carbonyl (C=O) groups excluding carboxylic acids is 1. The Morgan fingerprint density at radius 2 is 2.03 bits per heavy atom. The van der Waals surface area contributed by atoms with E-state index in [9.17, 15) is 23.1 Å². The van der Waals surface area contributed by atoms with Crippen LogP contribution in [-0.2, 0) is 13.2 Å². The maximum atomic E-state index is 13.5. The molecule has 0 saturated carbocycles. The molecule has 2 aliphatic rings. The van der Waals surface area contributed by atoms with Crippen LogP contribution in [0.15, 0.2) is 42.5 Å². The Morgan fingerprint density at radius 3 is 2.74 bits per heavy atom. The first-order valence-electron chi connectivity index (χ1n) is 11.3. The zero-order chi connectivity index (χ0) is 25.0. The van der Waals surface area contributed by atoms with Crippen molar-refractivity contribution in [2.45, 2.75) is 12.6 Å². The van der Waals surface area contributed by atoms with Gasteiger partial charge in [-0.25, -0.2) is 0 Å². The number of aliphatic hydroxyl groups excluding tert-OH is 1. The van der Waals surface area contributed by atoms with E-state index in [2.05, 4.69) is 5.10 Å². The third-order valence-corrected chi connectivity index (χ3v) is 7.49. The van der Waals surface area contributed by atoms with Gasteiger partial charge in [0.25, 0.3) is 5.91 Å². The highest BCUT2D eigenvalue weighted by Crippen LogP contribution is 2.45. The van der Waals surface area contributed by atoms with Crippen LogP contribution in [0.4, 0.5) is 18.9 Å². The summed E-state index contributed by atoms with van der Waals surface area (Å²) in [7, 11) is 1.79. The number of nitriles is 1. The maximum absolute atomic E-state index is 13.5. The van der Waals surface area contributed by atoms with Crippen LogP contribution in [0.3, 0.4) is 0 Å². The highest BCUT2D eigenvalue weighted by Gasteiger charge is 2.50. The summed E-state index contributed by atoms with van der Waals surface area (Å²) in [5.41, 5.74) is -0.331. The summed E-state index contributed by atoms with van der Waals surface area (Å²) in [6.07, 6.45) is -4.11. The Kier molecular flexibility index (Phi) is 5.48. The number of carbonyl (C=O) groups is 1. The Bertz CT molecular complexity index is 1350. The Hall–Kier alpha value is -3.58. The molecule has 1 N–H and O–H groups in total. The number of fused-ring (bicyclic) bond motifs is 2. The number of hydrogen-bond donors (Lipinski definition) is 1. The molecule has 2 saturated heterocycles. The van der Waals surface area contributed by atoms with Crippen molar-refractivity contribution in [1.29, 1.82) is 5.26 Å². The maximum Gasteiger partial charge on any atom is 0.417 e. The number of aliphatic hydroxyl groups is 1. The molecule has 0 spiro atoms. The highest BCUT2D eigenvalue weighted by molar-refractivity contribution is 6.04. The van der Waals surface area contributed by atoms with E-state index in [-0.39, 0.29) is 18.4 Å². The molecule has 1 amide bonds. The molecule has 2 unspecified atom stereocenters. The average molecular weight is 483 g/mol. The number of nitrogens with zero attached hydrogens (tertiary/aromatic N) is 5. The number of halogens is 3.